The minimum Gasteiger partial charge on any atom is -0.478 e. The van der Waals surface area contributed by atoms with E-state index in [1.807, 2.05) is 37.3 Å². The van der Waals surface area contributed by atoms with Crippen molar-refractivity contribution in [2.24, 2.45) is 0 Å². The molecule has 1 unspecified atom stereocenters. The molecule has 3 aromatic rings. The van der Waals surface area contributed by atoms with E-state index in [0.29, 0.717) is 12.2 Å². The molecule has 1 atom stereocenters. The number of hydrogen-bond acceptors (Lipinski definition) is 5. The molecule has 0 radical (unpaired) electrons. The van der Waals surface area contributed by atoms with Crippen LogP contribution in [0.2, 0.25) is 0 Å². The first-order valence-corrected chi connectivity index (χ1v) is 9.62. The first-order valence-electron chi connectivity index (χ1n) is 9.62. The van der Waals surface area contributed by atoms with E-state index in [1.165, 1.54) is 23.4 Å². The molecule has 0 fully saturated rings. The Morgan fingerprint density at radius 2 is 2.14 bits per heavy atom. The number of aryl methyl sites for hydroxylation is 1. The normalized spacial score (nSPS) is 15.4. The fourth-order valence-electron chi connectivity index (χ4n) is 3.61. The molecule has 2 aromatic carbocycles. The van der Waals surface area contributed by atoms with Crippen molar-refractivity contribution in [2.45, 2.75) is 19.4 Å². The molecule has 4 rings (SSSR count). The van der Waals surface area contributed by atoms with Crippen molar-refractivity contribution < 1.29 is 14.6 Å². The Hall–Kier alpha value is -3.38. The van der Waals surface area contributed by atoms with Crippen molar-refractivity contribution >= 4 is 11.7 Å². The van der Waals surface area contributed by atoms with Gasteiger partial charge in [-0.3, -0.25) is 4.98 Å². The summed E-state index contributed by atoms with van der Waals surface area (Å²) in [6.07, 6.45) is 3.95. The van der Waals surface area contributed by atoms with Gasteiger partial charge in [-0.05, 0) is 60.8 Å². The van der Waals surface area contributed by atoms with E-state index < -0.39 is 5.97 Å². The number of para-hydroxylation sites is 1. The summed E-state index contributed by atoms with van der Waals surface area (Å²) >= 11 is 0. The monoisotopic (exact) mass is 389 g/mol. The third-order valence-corrected chi connectivity index (χ3v) is 5.14. The summed E-state index contributed by atoms with van der Waals surface area (Å²) in [5.41, 5.74) is 4.28. The molecule has 2 heterocycles. The van der Waals surface area contributed by atoms with E-state index in [9.17, 15) is 9.90 Å². The Balaban J connectivity index is 1.50. The zero-order chi connectivity index (χ0) is 20.2. The molecule has 0 bridgehead atoms. The first-order chi connectivity index (χ1) is 14.1. The Morgan fingerprint density at radius 3 is 2.97 bits per heavy atom. The van der Waals surface area contributed by atoms with Crippen molar-refractivity contribution in [3.05, 3.63) is 83.2 Å². The predicted molar refractivity (Wildman–Crippen MR) is 112 cm³/mol. The van der Waals surface area contributed by atoms with Gasteiger partial charge in [0.15, 0.2) is 0 Å². The highest BCUT2D eigenvalue weighted by Gasteiger charge is 2.21. The Morgan fingerprint density at radius 1 is 1.28 bits per heavy atom. The second-order valence-corrected chi connectivity index (χ2v) is 7.09. The van der Waals surface area contributed by atoms with Gasteiger partial charge in [0.25, 0.3) is 0 Å². The predicted octanol–water partition coefficient (Wildman–Crippen LogP) is 4.18. The van der Waals surface area contributed by atoms with Crippen molar-refractivity contribution in [3.8, 4) is 11.5 Å². The van der Waals surface area contributed by atoms with Gasteiger partial charge in [0, 0.05) is 18.8 Å². The van der Waals surface area contributed by atoms with E-state index in [4.69, 9.17) is 4.74 Å². The average molecular weight is 389 g/mol. The lowest BCUT2D eigenvalue weighted by Gasteiger charge is -2.28. The van der Waals surface area contributed by atoms with Crippen molar-refractivity contribution in [1.82, 2.24) is 10.3 Å². The molecule has 0 spiro atoms. The summed E-state index contributed by atoms with van der Waals surface area (Å²) in [5.74, 6) is 0.717. The lowest BCUT2D eigenvalue weighted by Crippen LogP contribution is -2.34. The van der Waals surface area contributed by atoms with Crippen LogP contribution in [0, 0.1) is 6.92 Å². The summed E-state index contributed by atoms with van der Waals surface area (Å²) < 4.78 is 6.07. The van der Waals surface area contributed by atoms with Gasteiger partial charge in [-0.25, -0.2) is 4.79 Å². The van der Waals surface area contributed by atoms with E-state index in [0.717, 1.165) is 30.0 Å². The minimum atomic E-state index is -0.968. The molecule has 1 aliphatic heterocycles. The van der Waals surface area contributed by atoms with Crippen LogP contribution in [-0.2, 0) is 6.42 Å². The molecule has 0 saturated carbocycles. The van der Waals surface area contributed by atoms with Crippen LogP contribution in [0.25, 0.3) is 0 Å². The number of benzene rings is 2. The van der Waals surface area contributed by atoms with Crippen molar-refractivity contribution in [2.75, 3.05) is 18.4 Å². The number of aromatic nitrogens is 1. The van der Waals surface area contributed by atoms with Crippen LogP contribution in [0.15, 0.2) is 60.9 Å². The third kappa shape index (κ3) is 4.22. The molecule has 0 amide bonds. The van der Waals surface area contributed by atoms with Gasteiger partial charge in [-0.1, -0.05) is 24.3 Å². The molecule has 0 aliphatic carbocycles. The van der Waals surface area contributed by atoms with Crippen molar-refractivity contribution in [1.29, 1.82) is 0 Å². The fraction of sp³-hybridized carbons (Fsp3) is 0.217. The van der Waals surface area contributed by atoms with Crippen molar-refractivity contribution in [3.63, 3.8) is 0 Å². The molecule has 29 heavy (non-hydrogen) atoms. The maximum absolute atomic E-state index is 11.4. The Bertz CT molecular complexity index is 1040. The largest absolute Gasteiger partial charge is 0.478 e. The second kappa shape index (κ2) is 8.32. The number of pyridine rings is 1. The van der Waals surface area contributed by atoms with Gasteiger partial charge < -0.3 is 20.5 Å². The number of ether oxygens (including phenoxy) is 1. The second-order valence-electron chi connectivity index (χ2n) is 7.09. The van der Waals surface area contributed by atoms with E-state index in [1.54, 1.807) is 6.20 Å². The number of carboxylic acid groups (broad SMARTS) is 1. The smallest absolute Gasteiger partial charge is 0.337 e. The highest BCUT2D eigenvalue weighted by atomic mass is 16.5. The van der Waals surface area contributed by atoms with E-state index in [-0.39, 0.29) is 11.6 Å². The number of anilines is 1. The maximum Gasteiger partial charge on any atom is 0.337 e. The quantitative estimate of drug-likeness (QED) is 0.587. The van der Waals surface area contributed by atoms with Crippen LogP contribution in [0.3, 0.4) is 0 Å². The number of fused-ring (bicyclic) bond motifs is 1. The summed E-state index contributed by atoms with van der Waals surface area (Å²) in [5, 5.41) is 16.1. The lowest BCUT2D eigenvalue weighted by molar-refractivity contribution is 0.0697. The van der Waals surface area contributed by atoms with Crippen LogP contribution in [0.5, 0.6) is 11.5 Å². The summed E-state index contributed by atoms with van der Waals surface area (Å²) in [7, 11) is 0. The molecular weight excluding hydrogens is 366 g/mol. The molecule has 148 valence electrons. The average Bonchev–Trinajstić information content (AvgIpc) is 2.74. The highest BCUT2D eigenvalue weighted by molar-refractivity contribution is 5.93. The highest BCUT2D eigenvalue weighted by Crippen LogP contribution is 2.31. The molecular formula is C23H23N3O3. The fourth-order valence-corrected chi connectivity index (χ4v) is 3.61. The summed E-state index contributed by atoms with van der Waals surface area (Å²) in [4.78, 5) is 15.4. The number of carbonyl (C=O) groups is 1. The molecule has 1 aliphatic rings. The molecule has 6 nitrogen and oxygen atoms in total. The van der Waals surface area contributed by atoms with Gasteiger partial charge in [-0.15, -0.1) is 0 Å². The van der Waals surface area contributed by atoms with E-state index in [2.05, 4.69) is 27.8 Å². The number of carboxylic acids is 1. The third-order valence-electron chi connectivity index (χ3n) is 5.14. The molecule has 0 saturated heterocycles. The van der Waals surface area contributed by atoms with Gasteiger partial charge >= 0.3 is 5.97 Å². The minimum absolute atomic E-state index is 0.0770. The van der Waals surface area contributed by atoms with Crippen LogP contribution >= 0.6 is 0 Å². The summed E-state index contributed by atoms with van der Waals surface area (Å²) in [6.45, 7) is 3.45. The van der Waals surface area contributed by atoms with Crippen LogP contribution in [0.4, 0.5) is 5.69 Å². The maximum atomic E-state index is 11.4. The molecule has 6 heteroatoms. The topological polar surface area (TPSA) is 83.5 Å². The molecule has 1 aromatic heterocycles. The Labute approximate surface area is 169 Å². The standard InChI is InChI=1S/C23H23N3O3/c1-15-4-2-3-5-22(15)29-17-6-7-18-16(12-17)8-11-25-21(18)14-26-20-13-24-10-9-19(20)23(27)28/h2-7,9-10,12-13,21,25-26H,8,11,14H2,1H3,(H,27,28). The number of nitrogens with zero attached hydrogens (tertiary/aromatic N) is 1. The number of aromatic carboxylic acids is 1. The Kier molecular flexibility index (Phi) is 5.44. The van der Waals surface area contributed by atoms with Crippen LogP contribution < -0.4 is 15.4 Å². The van der Waals surface area contributed by atoms with Gasteiger partial charge in [0.2, 0.25) is 0 Å². The van der Waals surface area contributed by atoms with Gasteiger partial charge in [0.05, 0.1) is 17.4 Å². The van der Waals surface area contributed by atoms with Gasteiger partial charge in [-0.2, -0.15) is 0 Å². The van der Waals surface area contributed by atoms with Crippen LogP contribution in [0.1, 0.15) is 33.1 Å². The lowest BCUT2D eigenvalue weighted by atomic mass is 9.94. The number of nitrogens with one attached hydrogen (secondary N) is 2. The van der Waals surface area contributed by atoms with E-state index >= 15 is 0 Å². The number of hydrogen-bond donors (Lipinski definition) is 3. The van der Waals surface area contributed by atoms with Gasteiger partial charge in [0.1, 0.15) is 11.5 Å². The first kappa shape index (κ1) is 19.0. The van der Waals surface area contributed by atoms with Crippen LogP contribution in [-0.4, -0.2) is 29.1 Å². The zero-order valence-corrected chi connectivity index (χ0v) is 16.2. The summed E-state index contributed by atoms with van der Waals surface area (Å²) in [6, 6.07) is 15.7. The zero-order valence-electron chi connectivity index (χ0n) is 16.2. The SMILES string of the molecule is Cc1ccccc1Oc1ccc2c(c1)CCNC2CNc1cnccc1C(=O)O. The molecule has 3 N–H and O–H groups in total. The number of rotatable bonds is 6.